The van der Waals surface area contributed by atoms with Crippen LogP contribution in [0.5, 0.6) is 0 Å². The number of rotatable bonds is 4. The molecule has 0 radical (unpaired) electrons. The number of hydrogen-bond donors (Lipinski definition) is 2. The molecule has 2 heteroatoms. The van der Waals surface area contributed by atoms with Gasteiger partial charge in [-0.1, -0.05) is 37.3 Å². The van der Waals surface area contributed by atoms with Crippen LogP contribution in [-0.2, 0) is 6.42 Å². The van der Waals surface area contributed by atoms with E-state index in [2.05, 4.69) is 73.2 Å². The third-order valence-corrected chi connectivity index (χ3v) is 4.34. The molecule has 0 amide bonds. The summed E-state index contributed by atoms with van der Waals surface area (Å²) < 4.78 is 0. The molecule has 2 N–H and O–H groups in total. The van der Waals surface area contributed by atoms with Gasteiger partial charge < -0.3 is 9.97 Å². The first-order valence-corrected chi connectivity index (χ1v) is 7.58. The summed E-state index contributed by atoms with van der Waals surface area (Å²) in [4.78, 5) is 7.02. The molecule has 0 spiro atoms. The van der Waals surface area contributed by atoms with Crippen molar-refractivity contribution in [1.29, 1.82) is 0 Å². The Labute approximate surface area is 126 Å². The van der Waals surface area contributed by atoms with E-state index in [0.717, 1.165) is 6.42 Å². The molecule has 0 fully saturated rings. The molecule has 0 aliphatic carbocycles. The predicted octanol–water partition coefficient (Wildman–Crippen LogP) is 4.70. The fraction of sp³-hybridized carbons (Fsp3) is 0.263. The van der Waals surface area contributed by atoms with Crippen molar-refractivity contribution in [2.45, 2.75) is 33.1 Å². The summed E-state index contributed by atoms with van der Waals surface area (Å²) in [7, 11) is 0. The summed E-state index contributed by atoms with van der Waals surface area (Å²) in [6.45, 7) is 6.63. The third kappa shape index (κ3) is 2.42. The van der Waals surface area contributed by atoms with Crippen LogP contribution in [0.2, 0.25) is 0 Å². The summed E-state index contributed by atoms with van der Waals surface area (Å²) >= 11 is 0. The van der Waals surface area contributed by atoms with Gasteiger partial charge in [0.1, 0.15) is 0 Å². The van der Waals surface area contributed by atoms with Gasteiger partial charge in [0, 0.05) is 23.3 Å². The Morgan fingerprint density at radius 2 is 1.76 bits per heavy atom. The average molecular weight is 278 g/mol. The molecule has 0 saturated carbocycles. The first-order chi connectivity index (χ1) is 10.2. The maximum absolute atomic E-state index is 3.63. The number of hydrogen-bond acceptors (Lipinski definition) is 0. The molecule has 108 valence electrons. The number of H-pyrrole nitrogens is 2. The highest BCUT2D eigenvalue weighted by Gasteiger charge is 2.23. The van der Waals surface area contributed by atoms with Crippen LogP contribution in [0.4, 0.5) is 0 Å². The standard InChI is InChI=1S/C19H22N2/c1-4-16-13(2)19(21-14(16)3)18(17-11-8-12-20-17)15-9-6-5-7-10-15/h5-12,18,20-21H,4H2,1-3H3. The van der Waals surface area contributed by atoms with Gasteiger partial charge in [-0.15, -0.1) is 0 Å². The molecule has 2 heterocycles. The zero-order valence-electron chi connectivity index (χ0n) is 12.9. The third-order valence-electron chi connectivity index (χ3n) is 4.34. The van der Waals surface area contributed by atoms with Gasteiger partial charge in [-0.05, 0) is 49.1 Å². The largest absolute Gasteiger partial charge is 0.364 e. The van der Waals surface area contributed by atoms with E-state index in [0.29, 0.717) is 0 Å². The van der Waals surface area contributed by atoms with Gasteiger partial charge in [-0.25, -0.2) is 0 Å². The molecule has 3 aromatic rings. The van der Waals surface area contributed by atoms with Crippen LogP contribution < -0.4 is 0 Å². The van der Waals surface area contributed by atoms with Crippen molar-refractivity contribution in [3.05, 3.63) is 82.4 Å². The van der Waals surface area contributed by atoms with Crippen LogP contribution in [0, 0.1) is 13.8 Å². The Hall–Kier alpha value is -2.22. The molecular formula is C19H22N2. The summed E-state index contributed by atoms with van der Waals surface area (Å²) in [6, 6.07) is 14.9. The lowest BCUT2D eigenvalue weighted by molar-refractivity contribution is 0.883. The lowest BCUT2D eigenvalue weighted by Crippen LogP contribution is -2.06. The van der Waals surface area contributed by atoms with Crippen molar-refractivity contribution in [2.24, 2.45) is 0 Å². The Morgan fingerprint density at radius 1 is 1.00 bits per heavy atom. The maximum Gasteiger partial charge on any atom is 0.0644 e. The fourth-order valence-corrected chi connectivity index (χ4v) is 3.31. The van der Waals surface area contributed by atoms with E-state index in [-0.39, 0.29) is 5.92 Å². The fourth-order valence-electron chi connectivity index (χ4n) is 3.31. The van der Waals surface area contributed by atoms with Crippen molar-refractivity contribution in [3.63, 3.8) is 0 Å². The molecule has 1 atom stereocenters. The Bertz CT molecular complexity index is 706. The van der Waals surface area contributed by atoms with E-state index in [1.165, 1.54) is 33.8 Å². The molecule has 2 nitrogen and oxygen atoms in total. The van der Waals surface area contributed by atoms with E-state index in [1.54, 1.807) is 0 Å². The number of nitrogens with one attached hydrogen (secondary N) is 2. The van der Waals surface area contributed by atoms with Gasteiger partial charge in [0.05, 0.1) is 5.92 Å². The molecule has 2 aromatic heterocycles. The minimum atomic E-state index is 0.236. The first-order valence-electron chi connectivity index (χ1n) is 7.58. The average Bonchev–Trinajstić information content (AvgIpc) is 3.10. The molecule has 3 rings (SSSR count). The highest BCUT2D eigenvalue weighted by atomic mass is 14.8. The molecule has 1 aromatic carbocycles. The molecule has 1 unspecified atom stereocenters. The van der Waals surface area contributed by atoms with Crippen molar-refractivity contribution in [2.75, 3.05) is 0 Å². The van der Waals surface area contributed by atoms with Crippen molar-refractivity contribution < 1.29 is 0 Å². The van der Waals surface area contributed by atoms with Crippen LogP contribution in [0.15, 0.2) is 48.7 Å². The topological polar surface area (TPSA) is 31.6 Å². The second-order valence-electron chi connectivity index (χ2n) is 5.59. The van der Waals surface area contributed by atoms with Gasteiger partial charge in [-0.3, -0.25) is 0 Å². The van der Waals surface area contributed by atoms with E-state index in [9.17, 15) is 0 Å². The molecule has 0 saturated heterocycles. The maximum atomic E-state index is 3.63. The molecule has 21 heavy (non-hydrogen) atoms. The van der Waals surface area contributed by atoms with Crippen LogP contribution >= 0.6 is 0 Å². The zero-order valence-corrected chi connectivity index (χ0v) is 12.9. The Morgan fingerprint density at radius 3 is 2.33 bits per heavy atom. The van der Waals surface area contributed by atoms with E-state index >= 15 is 0 Å². The number of aromatic nitrogens is 2. The summed E-state index contributed by atoms with van der Waals surface area (Å²) in [5.41, 5.74) is 7.96. The second-order valence-corrected chi connectivity index (χ2v) is 5.59. The lowest BCUT2D eigenvalue weighted by Gasteiger charge is -2.17. The number of benzene rings is 1. The molecular weight excluding hydrogens is 256 g/mol. The predicted molar refractivity (Wildman–Crippen MR) is 87.8 cm³/mol. The SMILES string of the molecule is CCc1c(C)[nH]c(C(c2ccccc2)c2ccc[nH]2)c1C. The molecule has 0 aliphatic heterocycles. The first kappa shape index (κ1) is 13.7. The molecule has 0 bridgehead atoms. The number of aryl methyl sites for hydroxylation is 1. The highest BCUT2D eigenvalue weighted by molar-refractivity contribution is 5.46. The van der Waals surface area contributed by atoms with Gasteiger partial charge in [0.2, 0.25) is 0 Å². The van der Waals surface area contributed by atoms with Gasteiger partial charge in [0.15, 0.2) is 0 Å². The minimum absolute atomic E-state index is 0.236. The quantitative estimate of drug-likeness (QED) is 0.693. The minimum Gasteiger partial charge on any atom is -0.364 e. The monoisotopic (exact) mass is 278 g/mol. The molecule has 0 aliphatic rings. The smallest absolute Gasteiger partial charge is 0.0644 e. The summed E-state index contributed by atoms with van der Waals surface area (Å²) in [6.07, 6.45) is 3.07. The van der Waals surface area contributed by atoms with Crippen LogP contribution in [0.3, 0.4) is 0 Å². The number of aromatic amines is 2. The van der Waals surface area contributed by atoms with Crippen molar-refractivity contribution in [3.8, 4) is 0 Å². The van der Waals surface area contributed by atoms with Gasteiger partial charge in [0.25, 0.3) is 0 Å². The lowest BCUT2D eigenvalue weighted by atomic mass is 9.90. The van der Waals surface area contributed by atoms with Crippen LogP contribution in [-0.4, -0.2) is 9.97 Å². The highest BCUT2D eigenvalue weighted by Crippen LogP contribution is 2.34. The normalized spacial score (nSPS) is 12.5. The van der Waals surface area contributed by atoms with Gasteiger partial charge in [-0.2, -0.15) is 0 Å². The van der Waals surface area contributed by atoms with E-state index in [1.807, 2.05) is 6.20 Å². The summed E-state index contributed by atoms with van der Waals surface area (Å²) in [5.74, 6) is 0.236. The van der Waals surface area contributed by atoms with Gasteiger partial charge >= 0.3 is 0 Å². The van der Waals surface area contributed by atoms with E-state index < -0.39 is 0 Å². The van der Waals surface area contributed by atoms with Crippen LogP contribution in [0.25, 0.3) is 0 Å². The van der Waals surface area contributed by atoms with Crippen molar-refractivity contribution >= 4 is 0 Å². The summed E-state index contributed by atoms with van der Waals surface area (Å²) in [5, 5.41) is 0. The Balaban J connectivity index is 2.17. The van der Waals surface area contributed by atoms with E-state index in [4.69, 9.17) is 0 Å². The van der Waals surface area contributed by atoms with Crippen molar-refractivity contribution in [1.82, 2.24) is 9.97 Å². The van der Waals surface area contributed by atoms with Crippen LogP contribution in [0.1, 0.15) is 46.6 Å². The zero-order chi connectivity index (χ0) is 14.8. The Kier molecular flexibility index (Phi) is 3.70. The second kappa shape index (κ2) is 5.65.